The molecule has 1 N–H and O–H groups in total. The van der Waals surface area contributed by atoms with E-state index in [1.54, 1.807) is 0 Å². The molecule has 0 amide bonds. The highest BCUT2D eigenvalue weighted by Gasteiger charge is 2.32. The number of ether oxygens (including phenoxy) is 2. The Bertz CT molecular complexity index is 220. The summed E-state index contributed by atoms with van der Waals surface area (Å²) in [4.78, 5) is 19.3. The largest absolute Gasteiger partial charge is 0.515 e. The van der Waals surface area contributed by atoms with Crippen LogP contribution >= 0.6 is 81.2 Å². The third-order valence-corrected chi connectivity index (χ3v) is 0.861. The zero-order valence-corrected chi connectivity index (χ0v) is 12.0. The molecule has 0 aromatic carbocycles. The van der Waals surface area contributed by atoms with Crippen molar-refractivity contribution in [3.8, 4) is 0 Å². The second-order valence-corrected chi connectivity index (χ2v) is 6.28. The minimum absolute atomic E-state index is 1.36. The lowest BCUT2D eigenvalue weighted by Gasteiger charge is -2.15. The number of carbonyl (C=O) groups is 2. The molecule has 12 heteroatoms. The number of hydrogen-bond acceptors (Lipinski definition) is 4. The number of alkyl halides is 6. The topological polar surface area (TPSA) is 72.8 Å². The normalized spacial score (nSPS) is 10.9. The van der Waals surface area contributed by atoms with Gasteiger partial charge in [0.25, 0.3) is 0 Å². The first-order valence-corrected chi connectivity index (χ1v) is 5.42. The van der Waals surface area contributed by atoms with Crippen molar-refractivity contribution < 1.29 is 24.2 Å². The van der Waals surface area contributed by atoms with Gasteiger partial charge in [-0.1, -0.05) is 0 Å². The van der Waals surface area contributed by atoms with Gasteiger partial charge in [0.15, 0.2) is 0 Å². The summed E-state index contributed by atoms with van der Waals surface area (Å²) >= 11 is 34.4. The fourth-order valence-corrected chi connectivity index (χ4v) is 0.588. The predicted molar refractivity (Wildman–Crippen MR) is 62.0 cm³/mol. The smallest absolute Gasteiger partial charge is 0.469 e. The van der Waals surface area contributed by atoms with Crippen LogP contribution in [-0.2, 0) is 9.47 Å². The second-order valence-electron chi connectivity index (χ2n) is 1.60. The number of carboxylic acid groups (broad SMARTS) is 1. The van der Waals surface area contributed by atoms with Crippen LogP contribution in [0.4, 0.5) is 9.59 Å². The molecule has 0 fully saturated rings. The summed E-state index contributed by atoms with van der Waals surface area (Å²) in [7, 11) is 0. The lowest BCUT2D eigenvalue weighted by Crippen LogP contribution is -2.22. The molecule has 0 spiro atoms. The molecule has 0 atom stereocenters. The molecule has 0 rings (SSSR count). The lowest BCUT2D eigenvalue weighted by molar-refractivity contribution is 0.0508. The molecule has 0 unspecified atom stereocenters. The van der Waals surface area contributed by atoms with Crippen molar-refractivity contribution in [3.63, 3.8) is 0 Å². The third kappa shape index (κ3) is 24.1. The number of carbonyl (C=O) groups excluding carboxylic acids is 1. The van der Waals surface area contributed by atoms with Gasteiger partial charge in [0.2, 0.25) is 0 Å². The molecule has 0 bridgehead atoms. The van der Waals surface area contributed by atoms with Gasteiger partial charge in [-0.2, -0.15) is 0 Å². The van der Waals surface area contributed by atoms with Gasteiger partial charge in [-0.3, -0.25) is 0 Å². The maximum Gasteiger partial charge on any atom is 0.515 e. The van der Waals surface area contributed by atoms with Crippen LogP contribution in [0.3, 0.4) is 0 Å². The quantitative estimate of drug-likeness (QED) is 0.376. The minimum atomic E-state index is -2.24. The summed E-state index contributed by atoms with van der Waals surface area (Å²) in [6.45, 7) is 0. The van der Waals surface area contributed by atoms with E-state index in [1.165, 1.54) is 0 Å². The Morgan fingerprint density at radius 1 is 0.875 bits per heavy atom. The maximum absolute atomic E-state index is 10.5. The standard InChI is InChI=1S/C3Cl6O3.CHClO2/c4-2(5,6)11-1(10)12-3(7,8)9;2-1(3)4/h;(H,3,4). The number of hydrogen-bond donors (Lipinski definition) is 1. The van der Waals surface area contributed by atoms with Crippen molar-refractivity contribution in [3.05, 3.63) is 0 Å². The molecule has 0 aliphatic rings. The molecular weight excluding hydrogens is 376 g/mol. The van der Waals surface area contributed by atoms with E-state index in [0.29, 0.717) is 0 Å². The lowest BCUT2D eigenvalue weighted by atomic mass is 11.3. The van der Waals surface area contributed by atoms with Crippen molar-refractivity contribution in [1.82, 2.24) is 0 Å². The molecule has 0 aromatic rings. The van der Waals surface area contributed by atoms with Crippen LogP contribution in [0.15, 0.2) is 0 Å². The SMILES string of the molecule is O=C(O)Cl.O=C(OC(Cl)(Cl)Cl)OC(Cl)(Cl)Cl. The first-order chi connectivity index (χ1) is 6.83. The van der Waals surface area contributed by atoms with E-state index in [1.807, 2.05) is 0 Å². The maximum atomic E-state index is 10.5. The zero-order valence-electron chi connectivity index (χ0n) is 6.73. The van der Waals surface area contributed by atoms with Crippen molar-refractivity contribution in [2.45, 2.75) is 7.96 Å². The summed E-state index contributed by atoms with van der Waals surface area (Å²) in [5.41, 5.74) is -1.36. The monoisotopic (exact) mass is 374 g/mol. The molecule has 96 valence electrons. The summed E-state index contributed by atoms with van der Waals surface area (Å²) in [6, 6.07) is 0. The molecule has 0 heterocycles. The Kier molecular flexibility index (Phi) is 9.53. The van der Waals surface area contributed by atoms with E-state index in [-0.39, 0.29) is 0 Å². The van der Waals surface area contributed by atoms with Crippen LogP contribution < -0.4 is 0 Å². The van der Waals surface area contributed by atoms with Gasteiger partial charge >= 0.3 is 19.5 Å². The van der Waals surface area contributed by atoms with Crippen LogP contribution in [0.2, 0.25) is 0 Å². The molecule has 0 saturated carbocycles. The first-order valence-electron chi connectivity index (χ1n) is 2.77. The van der Waals surface area contributed by atoms with Crippen LogP contribution in [-0.4, -0.2) is 24.6 Å². The zero-order chi connectivity index (χ0) is 13.6. The Morgan fingerprint density at radius 3 is 1.19 bits per heavy atom. The fourth-order valence-electron chi connectivity index (χ4n) is 0.210. The molecule has 0 aliphatic heterocycles. The van der Waals surface area contributed by atoms with Crippen LogP contribution in [0.1, 0.15) is 0 Å². The predicted octanol–water partition coefficient (Wildman–Crippen LogP) is 4.70. The van der Waals surface area contributed by atoms with E-state index >= 15 is 0 Å². The Balaban J connectivity index is 0. The van der Waals surface area contributed by atoms with Crippen LogP contribution in [0.5, 0.6) is 0 Å². The summed E-state index contributed by atoms with van der Waals surface area (Å²) in [5, 5.41) is 7.18. The Morgan fingerprint density at radius 2 is 1.06 bits per heavy atom. The van der Waals surface area contributed by atoms with Gasteiger partial charge in [-0.05, 0) is 69.6 Å². The van der Waals surface area contributed by atoms with E-state index in [0.717, 1.165) is 0 Å². The van der Waals surface area contributed by atoms with Crippen molar-refractivity contribution in [2.75, 3.05) is 0 Å². The molecule has 0 radical (unpaired) electrons. The molecule has 0 aromatic heterocycles. The molecule has 0 aliphatic carbocycles. The van der Waals surface area contributed by atoms with Crippen LogP contribution in [0, 0.1) is 0 Å². The molecular formula is C4HCl7O5. The highest BCUT2D eigenvalue weighted by molar-refractivity contribution is 6.67. The molecule has 16 heavy (non-hydrogen) atoms. The van der Waals surface area contributed by atoms with Crippen molar-refractivity contribution in [1.29, 1.82) is 0 Å². The molecule has 0 saturated heterocycles. The summed E-state index contributed by atoms with van der Waals surface area (Å²) in [6.07, 6.45) is -1.41. The summed E-state index contributed by atoms with van der Waals surface area (Å²) < 4.78 is 3.50. The average Bonchev–Trinajstić information content (AvgIpc) is 1.72. The highest BCUT2D eigenvalue weighted by atomic mass is 35.6. The second kappa shape index (κ2) is 7.97. The van der Waals surface area contributed by atoms with Crippen LogP contribution in [0.25, 0.3) is 0 Å². The first kappa shape index (κ1) is 19.1. The van der Waals surface area contributed by atoms with Gasteiger partial charge in [-0.15, -0.1) is 0 Å². The van der Waals surface area contributed by atoms with Crippen molar-refractivity contribution in [2.24, 2.45) is 0 Å². The Hall–Kier alpha value is 0.770. The molecule has 5 nitrogen and oxygen atoms in total. The van der Waals surface area contributed by atoms with E-state index < -0.39 is 19.5 Å². The summed E-state index contributed by atoms with van der Waals surface area (Å²) in [5.74, 6) is 0. The highest BCUT2D eigenvalue weighted by Crippen LogP contribution is 2.32. The van der Waals surface area contributed by atoms with Gasteiger partial charge in [-0.25, -0.2) is 9.59 Å². The Labute approximate surface area is 124 Å². The van der Waals surface area contributed by atoms with Gasteiger partial charge < -0.3 is 14.6 Å². The van der Waals surface area contributed by atoms with Gasteiger partial charge in [0.1, 0.15) is 0 Å². The minimum Gasteiger partial charge on any atom is -0.469 e. The van der Waals surface area contributed by atoms with E-state index in [2.05, 4.69) is 21.1 Å². The van der Waals surface area contributed by atoms with E-state index in [9.17, 15) is 4.79 Å². The fraction of sp³-hybridized carbons (Fsp3) is 0.500. The van der Waals surface area contributed by atoms with Crippen molar-refractivity contribution >= 4 is 92.8 Å². The van der Waals surface area contributed by atoms with Gasteiger partial charge in [0.05, 0.1) is 0 Å². The number of rotatable bonds is 0. The average molecular weight is 377 g/mol. The third-order valence-electron chi connectivity index (χ3n) is 0.398. The van der Waals surface area contributed by atoms with E-state index in [4.69, 9.17) is 79.5 Å². The van der Waals surface area contributed by atoms with Gasteiger partial charge in [0, 0.05) is 11.6 Å². The number of halogens is 7.